The predicted octanol–water partition coefficient (Wildman–Crippen LogP) is 2.88. The van der Waals surface area contributed by atoms with Crippen LogP contribution < -0.4 is 20.5 Å². The Bertz CT molecular complexity index is 1160. The molecule has 1 saturated heterocycles. The molecule has 1 N–H and O–H groups in total. The average Bonchev–Trinajstić information content (AvgIpc) is 3.48. The van der Waals surface area contributed by atoms with Crippen LogP contribution in [0, 0.1) is 6.92 Å². The normalized spacial score (nSPS) is 18.0. The van der Waals surface area contributed by atoms with Gasteiger partial charge in [-0.2, -0.15) is 0 Å². The number of thiazole rings is 1. The topological polar surface area (TPSA) is 94.4 Å². The number of rotatable bonds is 8. The van der Waals surface area contributed by atoms with E-state index < -0.39 is 0 Å². The predicted molar refractivity (Wildman–Crippen MR) is 131 cm³/mol. The van der Waals surface area contributed by atoms with Crippen molar-refractivity contribution in [2.45, 2.75) is 39.3 Å². The van der Waals surface area contributed by atoms with Crippen molar-refractivity contribution >= 4 is 22.2 Å². The van der Waals surface area contributed by atoms with E-state index >= 15 is 0 Å². The van der Waals surface area contributed by atoms with Crippen LogP contribution in [-0.2, 0) is 18.2 Å². The molecule has 0 saturated carbocycles. The third-order valence-corrected chi connectivity index (χ3v) is 6.71. The second-order valence-corrected chi connectivity index (χ2v) is 8.80. The van der Waals surface area contributed by atoms with Gasteiger partial charge in [-0.3, -0.25) is 9.36 Å². The molecule has 2 unspecified atom stereocenters. The zero-order valence-electron chi connectivity index (χ0n) is 19.7. The van der Waals surface area contributed by atoms with Gasteiger partial charge in [-0.05, 0) is 26.3 Å². The maximum absolute atomic E-state index is 13.5. The third kappa shape index (κ3) is 4.58. The lowest BCUT2D eigenvalue weighted by Gasteiger charge is -2.22. The molecule has 176 valence electrons. The molecule has 3 aromatic rings. The molecular formula is C23H30N6O3S. The first-order valence-corrected chi connectivity index (χ1v) is 12.0. The standard InChI is InChI=1S/C23H30N6O3S/c1-6-16-20(26-17-12-29(13-18(17)32-7-2)23-24-10-11-33-23)22(30)28(4)21(27-16)15-8-9-19(31-5)25-14(15)3/h8-11,17-18,26H,6-7,12-13H2,1-5H3. The van der Waals surface area contributed by atoms with Gasteiger partial charge < -0.3 is 19.7 Å². The van der Waals surface area contributed by atoms with Gasteiger partial charge in [0.05, 0.1) is 30.6 Å². The molecule has 4 heterocycles. The molecule has 0 bridgehead atoms. The second kappa shape index (κ2) is 9.88. The Kier molecular flexibility index (Phi) is 6.94. The number of nitrogens with one attached hydrogen (secondary N) is 1. The minimum Gasteiger partial charge on any atom is -0.481 e. The summed E-state index contributed by atoms with van der Waals surface area (Å²) in [6.07, 6.45) is 2.37. The molecule has 3 aromatic heterocycles. The minimum atomic E-state index is -0.116. The zero-order chi connectivity index (χ0) is 23.5. The molecule has 0 aliphatic carbocycles. The summed E-state index contributed by atoms with van der Waals surface area (Å²) in [7, 11) is 3.33. The summed E-state index contributed by atoms with van der Waals surface area (Å²) in [5, 5.41) is 6.42. The van der Waals surface area contributed by atoms with E-state index in [1.807, 2.05) is 32.2 Å². The van der Waals surface area contributed by atoms with E-state index in [2.05, 4.69) is 20.2 Å². The number of ether oxygens (including phenoxy) is 2. The van der Waals surface area contributed by atoms with Crippen LogP contribution in [0.2, 0.25) is 0 Å². The van der Waals surface area contributed by atoms with Crippen molar-refractivity contribution in [1.82, 2.24) is 19.5 Å². The Hall–Kier alpha value is -2.98. The Morgan fingerprint density at radius 2 is 2.06 bits per heavy atom. The van der Waals surface area contributed by atoms with Crippen molar-refractivity contribution < 1.29 is 9.47 Å². The van der Waals surface area contributed by atoms with Crippen LogP contribution in [-0.4, -0.2) is 58.5 Å². The van der Waals surface area contributed by atoms with Gasteiger partial charge in [0.25, 0.3) is 5.56 Å². The van der Waals surface area contributed by atoms with E-state index in [0.29, 0.717) is 37.0 Å². The van der Waals surface area contributed by atoms with E-state index in [9.17, 15) is 4.79 Å². The average molecular weight is 471 g/mol. The van der Waals surface area contributed by atoms with Crippen molar-refractivity contribution in [2.75, 3.05) is 37.0 Å². The van der Waals surface area contributed by atoms with E-state index in [0.717, 1.165) is 28.6 Å². The largest absolute Gasteiger partial charge is 0.481 e. The molecule has 0 aromatic carbocycles. The lowest BCUT2D eigenvalue weighted by atomic mass is 10.1. The second-order valence-electron chi connectivity index (χ2n) is 7.93. The van der Waals surface area contributed by atoms with Gasteiger partial charge >= 0.3 is 0 Å². The molecule has 1 aliphatic rings. The summed E-state index contributed by atoms with van der Waals surface area (Å²) in [6.45, 7) is 7.92. The van der Waals surface area contributed by atoms with Crippen LogP contribution in [0.1, 0.15) is 25.2 Å². The van der Waals surface area contributed by atoms with Crippen molar-refractivity contribution in [2.24, 2.45) is 7.05 Å². The fourth-order valence-corrected chi connectivity index (χ4v) is 4.85. The number of anilines is 2. The highest BCUT2D eigenvalue weighted by atomic mass is 32.1. The van der Waals surface area contributed by atoms with Crippen molar-refractivity contribution in [1.29, 1.82) is 0 Å². The number of pyridine rings is 1. The van der Waals surface area contributed by atoms with Gasteiger partial charge in [-0.25, -0.2) is 15.0 Å². The maximum Gasteiger partial charge on any atom is 0.277 e. The van der Waals surface area contributed by atoms with Crippen LogP contribution >= 0.6 is 11.3 Å². The van der Waals surface area contributed by atoms with Crippen LogP contribution in [0.3, 0.4) is 0 Å². The first-order chi connectivity index (χ1) is 16.0. The molecule has 0 spiro atoms. The van der Waals surface area contributed by atoms with E-state index in [-0.39, 0.29) is 17.7 Å². The highest BCUT2D eigenvalue weighted by Crippen LogP contribution is 2.27. The number of hydrogen-bond donors (Lipinski definition) is 1. The fraction of sp³-hybridized carbons (Fsp3) is 0.478. The van der Waals surface area contributed by atoms with Crippen LogP contribution in [0.4, 0.5) is 10.8 Å². The molecule has 1 aliphatic heterocycles. The number of aromatic nitrogens is 4. The first kappa shape index (κ1) is 23.2. The summed E-state index contributed by atoms with van der Waals surface area (Å²) in [6, 6.07) is 3.62. The van der Waals surface area contributed by atoms with Crippen molar-refractivity contribution in [3.05, 3.63) is 45.5 Å². The van der Waals surface area contributed by atoms with Gasteiger partial charge in [-0.1, -0.05) is 6.92 Å². The smallest absolute Gasteiger partial charge is 0.277 e. The molecule has 4 rings (SSSR count). The zero-order valence-corrected chi connectivity index (χ0v) is 20.5. The molecule has 2 atom stereocenters. The van der Waals surface area contributed by atoms with E-state index in [4.69, 9.17) is 14.5 Å². The fourth-order valence-electron chi connectivity index (χ4n) is 4.19. The SMILES string of the molecule is CCOC1CN(c2nccs2)CC1Nc1c(CC)nc(-c2ccc(OC)nc2C)n(C)c1=O. The van der Waals surface area contributed by atoms with E-state index in [1.165, 1.54) is 0 Å². The van der Waals surface area contributed by atoms with E-state index in [1.54, 1.807) is 42.3 Å². The number of aryl methyl sites for hydroxylation is 2. The van der Waals surface area contributed by atoms with Crippen LogP contribution in [0.25, 0.3) is 11.4 Å². The van der Waals surface area contributed by atoms with Crippen molar-refractivity contribution in [3.63, 3.8) is 0 Å². The minimum absolute atomic E-state index is 0.0520. The van der Waals surface area contributed by atoms with Crippen LogP contribution in [0.15, 0.2) is 28.5 Å². The monoisotopic (exact) mass is 470 g/mol. The Morgan fingerprint density at radius 1 is 1.24 bits per heavy atom. The van der Waals surface area contributed by atoms with Gasteiger partial charge in [0.15, 0.2) is 5.13 Å². The molecule has 33 heavy (non-hydrogen) atoms. The van der Waals surface area contributed by atoms with Crippen molar-refractivity contribution in [3.8, 4) is 17.3 Å². The van der Waals surface area contributed by atoms with Gasteiger partial charge in [0.2, 0.25) is 5.88 Å². The van der Waals surface area contributed by atoms with Gasteiger partial charge in [0, 0.05) is 50.0 Å². The number of hydrogen-bond acceptors (Lipinski definition) is 9. The highest BCUT2D eigenvalue weighted by Gasteiger charge is 2.35. The number of nitrogens with zero attached hydrogens (tertiary/aromatic N) is 5. The third-order valence-electron chi connectivity index (χ3n) is 5.88. The summed E-state index contributed by atoms with van der Waals surface area (Å²) in [4.78, 5) is 29.4. The Balaban J connectivity index is 1.68. The molecular weight excluding hydrogens is 440 g/mol. The maximum atomic E-state index is 13.5. The molecule has 0 amide bonds. The summed E-state index contributed by atoms with van der Waals surface area (Å²) in [5.74, 6) is 1.12. The first-order valence-electron chi connectivity index (χ1n) is 11.1. The van der Waals surface area contributed by atoms with Gasteiger partial charge in [-0.15, -0.1) is 11.3 Å². The molecule has 1 fully saturated rings. The summed E-state index contributed by atoms with van der Waals surface area (Å²) in [5.41, 5.74) is 2.70. The number of methoxy groups -OCH3 is 1. The lowest BCUT2D eigenvalue weighted by molar-refractivity contribution is 0.0720. The Morgan fingerprint density at radius 3 is 2.70 bits per heavy atom. The quantitative estimate of drug-likeness (QED) is 0.537. The van der Waals surface area contributed by atoms with Crippen LogP contribution in [0.5, 0.6) is 5.88 Å². The lowest BCUT2D eigenvalue weighted by Crippen LogP contribution is -2.38. The molecule has 10 heteroatoms. The molecule has 9 nitrogen and oxygen atoms in total. The van der Waals surface area contributed by atoms with Gasteiger partial charge in [0.1, 0.15) is 11.5 Å². The highest BCUT2D eigenvalue weighted by molar-refractivity contribution is 7.13. The Labute approximate surface area is 197 Å². The molecule has 0 radical (unpaired) electrons. The summed E-state index contributed by atoms with van der Waals surface area (Å²) < 4.78 is 12.8. The summed E-state index contributed by atoms with van der Waals surface area (Å²) >= 11 is 1.60.